The maximum atomic E-state index is 10.2. The number of aliphatic hydroxyl groups excluding tert-OH is 1. The average molecular weight is 349 g/mol. The van der Waals surface area contributed by atoms with Gasteiger partial charge in [0.05, 0.1) is 6.20 Å². The van der Waals surface area contributed by atoms with Crippen LogP contribution in [0, 0.1) is 0 Å². The van der Waals surface area contributed by atoms with Crippen molar-refractivity contribution < 1.29 is 9.84 Å². The van der Waals surface area contributed by atoms with E-state index >= 15 is 0 Å². The van der Waals surface area contributed by atoms with E-state index in [-0.39, 0.29) is 0 Å². The number of aliphatic hydroxyl groups is 1. The number of piperazine rings is 1. The molecule has 1 aromatic carbocycles. The van der Waals surface area contributed by atoms with Crippen molar-refractivity contribution in [2.75, 3.05) is 44.2 Å². The van der Waals surface area contributed by atoms with Crippen molar-refractivity contribution in [1.29, 1.82) is 0 Å². The number of aromatic nitrogens is 2. The molecule has 1 atom stereocenters. The van der Waals surface area contributed by atoms with Crippen LogP contribution >= 0.6 is 11.6 Å². The summed E-state index contributed by atoms with van der Waals surface area (Å²) >= 11 is 6.14. The second-order valence-corrected chi connectivity index (χ2v) is 6.17. The molecule has 0 saturated carbocycles. The molecule has 0 radical (unpaired) electrons. The van der Waals surface area contributed by atoms with Gasteiger partial charge in [0.1, 0.15) is 29.8 Å². The van der Waals surface area contributed by atoms with Gasteiger partial charge < -0.3 is 14.7 Å². The normalized spacial score (nSPS) is 16.8. The molecule has 0 amide bonds. The van der Waals surface area contributed by atoms with Crippen LogP contribution in [-0.4, -0.2) is 65.4 Å². The smallest absolute Gasteiger partial charge is 0.150 e. The molecule has 128 valence electrons. The molecular formula is C17H21ClN4O2. The van der Waals surface area contributed by atoms with Crippen LogP contribution < -0.4 is 9.64 Å². The topological polar surface area (TPSA) is 61.7 Å². The summed E-state index contributed by atoms with van der Waals surface area (Å²) in [5.74, 6) is 1.55. The minimum absolute atomic E-state index is 0.294. The van der Waals surface area contributed by atoms with Crippen molar-refractivity contribution in [3.05, 3.63) is 47.9 Å². The highest BCUT2D eigenvalue weighted by Gasteiger charge is 2.21. The number of nitrogens with zero attached hydrogens (tertiary/aromatic N) is 4. The fourth-order valence-electron chi connectivity index (χ4n) is 2.74. The predicted octanol–water partition coefficient (Wildman–Crippen LogP) is 1.69. The number of benzene rings is 1. The van der Waals surface area contributed by atoms with E-state index < -0.39 is 6.10 Å². The first-order valence-corrected chi connectivity index (χ1v) is 8.39. The molecular weight excluding hydrogens is 328 g/mol. The quantitative estimate of drug-likeness (QED) is 0.857. The molecule has 0 aliphatic carbocycles. The van der Waals surface area contributed by atoms with Gasteiger partial charge >= 0.3 is 0 Å². The van der Waals surface area contributed by atoms with Crippen molar-refractivity contribution in [3.8, 4) is 5.75 Å². The Morgan fingerprint density at radius 2 is 1.92 bits per heavy atom. The Balaban J connectivity index is 1.43. The third kappa shape index (κ3) is 4.56. The summed E-state index contributed by atoms with van der Waals surface area (Å²) in [6, 6.07) is 9.54. The highest BCUT2D eigenvalue weighted by molar-refractivity contribution is 6.32. The number of hydrogen-bond donors (Lipinski definition) is 1. The molecule has 7 heteroatoms. The monoisotopic (exact) mass is 348 g/mol. The highest BCUT2D eigenvalue weighted by Crippen LogP contribution is 2.22. The third-order valence-corrected chi connectivity index (χ3v) is 4.24. The largest absolute Gasteiger partial charge is 0.491 e. The van der Waals surface area contributed by atoms with Gasteiger partial charge in [0.2, 0.25) is 0 Å². The standard InChI is InChI=1S/C17H21ClN4O2/c18-16-10-19-13-20-17(16)22-8-6-21(7-9-22)11-14(23)12-24-15-4-2-1-3-5-15/h1-5,10,13-14,23H,6-9,11-12H2/t14-/m0/s1. The van der Waals surface area contributed by atoms with Crippen LogP contribution in [0.3, 0.4) is 0 Å². The van der Waals surface area contributed by atoms with Gasteiger partial charge in [-0.25, -0.2) is 9.97 Å². The molecule has 0 unspecified atom stereocenters. The summed E-state index contributed by atoms with van der Waals surface area (Å²) in [4.78, 5) is 12.5. The van der Waals surface area contributed by atoms with Gasteiger partial charge in [-0.1, -0.05) is 29.8 Å². The van der Waals surface area contributed by atoms with Crippen LogP contribution in [0.1, 0.15) is 0 Å². The summed E-state index contributed by atoms with van der Waals surface area (Å²) in [7, 11) is 0. The first-order chi connectivity index (χ1) is 11.7. The Labute approximate surface area is 146 Å². The second kappa shape index (κ2) is 8.28. The molecule has 1 aliphatic rings. The van der Waals surface area contributed by atoms with Crippen LogP contribution in [0.5, 0.6) is 5.75 Å². The van der Waals surface area contributed by atoms with Crippen molar-refractivity contribution in [2.24, 2.45) is 0 Å². The van der Waals surface area contributed by atoms with Crippen molar-refractivity contribution >= 4 is 17.4 Å². The number of rotatable bonds is 6. The van der Waals surface area contributed by atoms with Gasteiger partial charge in [-0.15, -0.1) is 0 Å². The summed E-state index contributed by atoms with van der Waals surface area (Å²) in [6.45, 7) is 4.23. The number of para-hydroxylation sites is 1. The van der Waals surface area contributed by atoms with Gasteiger partial charge in [-0.3, -0.25) is 4.90 Å². The minimum Gasteiger partial charge on any atom is -0.491 e. The van der Waals surface area contributed by atoms with Crippen molar-refractivity contribution in [3.63, 3.8) is 0 Å². The number of β-amino-alcohol motifs (C(OH)–C–C–N with tert-alkyl or cyclic N) is 1. The Hall–Kier alpha value is -1.89. The first-order valence-electron chi connectivity index (χ1n) is 8.01. The van der Waals surface area contributed by atoms with Crippen LogP contribution in [0.2, 0.25) is 5.02 Å². The maximum absolute atomic E-state index is 10.2. The predicted molar refractivity (Wildman–Crippen MR) is 93.6 cm³/mol. The lowest BCUT2D eigenvalue weighted by Crippen LogP contribution is -2.49. The third-order valence-electron chi connectivity index (χ3n) is 3.97. The van der Waals surface area contributed by atoms with E-state index in [4.69, 9.17) is 16.3 Å². The van der Waals surface area contributed by atoms with Crippen LogP contribution in [-0.2, 0) is 0 Å². The molecule has 1 saturated heterocycles. The molecule has 1 aliphatic heterocycles. The Morgan fingerprint density at radius 1 is 1.17 bits per heavy atom. The number of hydrogen-bond acceptors (Lipinski definition) is 6. The lowest BCUT2D eigenvalue weighted by molar-refractivity contribution is 0.0662. The number of anilines is 1. The van der Waals surface area contributed by atoms with Crippen LogP contribution in [0.25, 0.3) is 0 Å². The zero-order valence-electron chi connectivity index (χ0n) is 13.4. The Kier molecular flexibility index (Phi) is 5.85. The fourth-order valence-corrected chi connectivity index (χ4v) is 2.97. The molecule has 24 heavy (non-hydrogen) atoms. The van der Waals surface area contributed by atoms with E-state index in [2.05, 4.69) is 19.8 Å². The summed E-state index contributed by atoms with van der Waals surface area (Å²) in [6.07, 6.45) is 2.61. The Bertz CT molecular complexity index is 635. The highest BCUT2D eigenvalue weighted by atomic mass is 35.5. The van der Waals surface area contributed by atoms with Gasteiger partial charge in [-0.05, 0) is 12.1 Å². The van der Waals surface area contributed by atoms with Crippen LogP contribution in [0.4, 0.5) is 5.82 Å². The Morgan fingerprint density at radius 3 is 2.62 bits per heavy atom. The summed E-state index contributed by atoms with van der Waals surface area (Å²) < 4.78 is 5.59. The van der Waals surface area contributed by atoms with Gasteiger partial charge in [0, 0.05) is 32.7 Å². The molecule has 6 nitrogen and oxygen atoms in total. The molecule has 2 aromatic rings. The maximum Gasteiger partial charge on any atom is 0.150 e. The number of ether oxygens (including phenoxy) is 1. The van der Waals surface area contributed by atoms with E-state index in [0.29, 0.717) is 18.2 Å². The molecule has 3 rings (SSSR count). The van der Waals surface area contributed by atoms with E-state index in [1.807, 2.05) is 30.3 Å². The molecule has 1 N–H and O–H groups in total. The zero-order valence-corrected chi connectivity index (χ0v) is 14.1. The van der Waals surface area contributed by atoms with E-state index in [1.165, 1.54) is 6.33 Å². The molecule has 1 fully saturated rings. The summed E-state index contributed by atoms with van der Waals surface area (Å²) in [5.41, 5.74) is 0. The van der Waals surface area contributed by atoms with Crippen molar-refractivity contribution in [2.45, 2.75) is 6.10 Å². The second-order valence-electron chi connectivity index (χ2n) is 5.76. The number of halogens is 1. The van der Waals surface area contributed by atoms with E-state index in [0.717, 1.165) is 37.7 Å². The molecule has 1 aromatic heterocycles. The minimum atomic E-state index is -0.514. The SMILES string of the molecule is O[C@H](COc1ccccc1)CN1CCN(c2ncncc2Cl)CC1. The summed E-state index contributed by atoms with van der Waals surface area (Å²) in [5, 5.41) is 10.7. The lowest BCUT2D eigenvalue weighted by Gasteiger charge is -2.36. The average Bonchev–Trinajstić information content (AvgIpc) is 2.62. The lowest BCUT2D eigenvalue weighted by atomic mass is 10.2. The molecule has 2 heterocycles. The van der Waals surface area contributed by atoms with Gasteiger partial charge in [-0.2, -0.15) is 0 Å². The van der Waals surface area contributed by atoms with Crippen LogP contribution in [0.15, 0.2) is 42.9 Å². The zero-order chi connectivity index (χ0) is 16.8. The molecule has 0 spiro atoms. The van der Waals surface area contributed by atoms with Gasteiger partial charge in [0.15, 0.2) is 5.82 Å². The van der Waals surface area contributed by atoms with E-state index in [9.17, 15) is 5.11 Å². The van der Waals surface area contributed by atoms with Crippen molar-refractivity contribution in [1.82, 2.24) is 14.9 Å². The fraction of sp³-hybridized carbons (Fsp3) is 0.412. The molecule has 0 bridgehead atoms. The van der Waals surface area contributed by atoms with Gasteiger partial charge in [0.25, 0.3) is 0 Å². The first kappa shape index (κ1) is 17.0. The van der Waals surface area contributed by atoms with E-state index in [1.54, 1.807) is 6.20 Å².